The number of ether oxygens (including phenoxy) is 3. The zero-order valence-electron chi connectivity index (χ0n) is 14.2. The molecule has 0 aliphatic heterocycles. The Balaban J connectivity index is 1.97. The van der Waals surface area contributed by atoms with Crippen LogP contribution < -0.4 is 10.1 Å². The molecule has 0 spiro atoms. The summed E-state index contributed by atoms with van der Waals surface area (Å²) >= 11 is 0. The van der Waals surface area contributed by atoms with Crippen LogP contribution >= 0.6 is 0 Å². The molecule has 0 heterocycles. The average Bonchev–Trinajstić information content (AvgIpc) is 2.66. The van der Waals surface area contributed by atoms with Crippen LogP contribution in [-0.2, 0) is 27.3 Å². The summed E-state index contributed by atoms with van der Waals surface area (Å²) in [7, 11) is 2.84. The van der Waals surface area contributed by atoms with Gasteiger partial charge in [-0.1, -0.05) is 42.5 Å². The lowest BCUT2D eigenvalue weighted by molar-refractivity contribution is -0.143. The van der Waals surface area contributed by atoms with Crippen LogP contribution in [0.2, 0.25) is 0 Å². The fourth-order valence-electron chi connectivity index (χ4n) is 2.28. The van der Waals surface area contributed by atoms with Crippen LogP contribution in [0, 0.1) is 0 Å². The largest absolute Gasteiger partial charge is 0.497 e. The van der Waals surface area contributed by atoms with Gasteiger partial charge in [0.15, 0.2) is 0 Å². The van der Waals surface area contributed by atoms with E-state index in [0.29, 0.717) is 5.75 Å². The highest BCUT2D eigenvalue weighted by Gasteiger charge is 2.23. The molecule has 0 saturated heterocycles. The van der Waals surface area contributed by atoms with E-state index >= 15 is 0 Å². The van der Waals surface area contributed by atoms with Crippen molar-refractivity contribution in [2.24, 2.45) is 0 Å². The molecule has 0 aliphatic rings. The second-order valence-electron chi connectivity index (χ2n) is 5.34. The number of rotatable bonds is 7. The molecule has 2 rings (SSSR count). The van der Waals surface area contributed by atoms with Crippen LogP contribution in [0.5, 0.6) is 5.75 Å². The Kier molecular flexibility index (Phi) is 6.83. The Bertz CT molecular complexity index is 702. The first-order valence-electron chi connectivity index (χ1n) is 7.80. The Morgan fingerprint density at radius 2 is 1.72 bits per heavy atom. The summed E-state index contributed by atoms with van der Waals surface area (Å²) in [5.74, 6) is 0.132. The van der Waals surface area contributed by atoms with Gasteiger partial charge in [-0.3, -0.25) is 0 Å². The maximum absolute atomic E-state index is 12.0. The Morgan fingerprint density at radius 3 is 2.40 bits per heavy atom. The molecular formula is C19H21NO5. The van der Waals surface area contributed by atoms with Gasteiger partial charge in [-0.25, -0.2) is 9.59 Å². The van der Waals surface area contributed by atoms with E-state index in [4.69, 9.17) is 14.2 Å². The van der Waals surface area contributed by atoms with Crippen molar-refractivity contribution in [3.8, 4) is 5.75 Å². The van der Waals surface area contributed by atoms with Crippen molar-refractivity contribution in [3.63, 3.8) is 0 Å². The smallest absolute Gasteiger partial charge is 0.408 e. The van der Waals surface area contributed by atoms with E-state index in [1.54, 1.807) is 19.2 Å². The minimum absolute atomic E-state index is 0.125. The number of hydrogen-bond donors (Lipinski definition) is 1. The van der Waals surface area contributed by atoms with E-state index in [1.165, 1.54) is 7.11 Å². The number of esters is 1. The third-order valence-corrected chi connectivity index (χ3v) is 3.56. The maximum atomic E-state index is 12.0. The number of alkyl carbamates (subject to hydrolysis) is 1. The van der Waals surface area contributed by atoms with Crippen LogP contribution in [0.25, 0.3) is 0 Å². The summed E-state index contributed by atoms with van der Waals surface area (Å²) < 4.78 is 15.1. The van der Waals surface area contributed by atoms with Gasteiger partial charge in [0.25, 0.3) is 0 Å². The quantitative estimate of drug-likeness (QED) is 0.783. The zero-order chi connectivity index (χ0) is 18.1. The normalized spacial score (nSPS) is 11.3. The third-order valence-electron chi connectivity index (χ3n) is 3.56. The molecule has 6 nitrogen and oxygen atoms in total. The minimum atomic E-state index is -0.847. The fraction of sp³-hybridized carbons (Fsp3) is 0.263. The standard InChI is InChI=1S/C19H21NO5/c1-23-16-10-6-9-15(11-16)12-17(18(21)24-2)20-19(22)25-13-14-7-4-3-5-8-14/h3-11,17H,12-13H2,1-2H3,(H,20,22). The zero-order valence-corrected chi connectivity index (χ0v) is 14.2. The highest BCUT2D eigenvalue weighted by atomic mass is 16.6. The van der Waals surface area contributed by atoms with E-state index in [-0.39, 0.29) is 13.0 Å². The van der Waals surface area contributed by atoms with Crippen molar-refractivity contribution in [3.05, 3.63) is 65.7 Å². The van der Waals surface area contributed by atoms with Crippen molar-refractivity contribution in [2.45, 2.75) is 19.1 Å². The predicted octanol–water partition coefficient (Wildman–Crippen LogP) is 2.71. The molecule has 0 saturated carbocycles. The fourth-order valence-corrected chi connectivity index (χ4v) is 2.28. The van der Waals surface area contributed by atoms with Crippen molar-refractivity contribution in [2.75, 3.05) is 14.2 Å². The monoisotopic (exact) mass is 343 g/mol. The summed E-state index contributed by atoms with van der Waals surface area (Å²) in [4.78, 5) is 24.0. The molecule has 2 aromatic carbocycles. The molecular weight excluding hydrogens is 322 g/mol. The summed E-state index contributed by atoms with van der Waals surface area (Å²) in [5.41, 5.74) is 1.69. The lowest BCUT2D eigenvalue weighted by Crippen LogP contribution is -2.43. The van der Waals surface area contributed by atoms with Crippen LogP contribution in [0.3, 0.4) is 0 Å². The van der Waals surface area contributed by atoms with Crippen LogP contribution in [0.4, 0.5) is 4.79 Å². The second kappa shape index (κ2) is 9.32. The number of carbonyl (C=O) groups is 2. The minimum Gasteiger partial charge on any atom is -0.497 e. The van der Waals surface area contributed by atoms with Gasteiger partial charge in [-0.15, -0.1) is 0 Å². The predicted molar refractivity (Wildman–Crippen MR) is 92.3 cm³/mol. The molecule has 1 unspecified atom stereocenters. The average molecular weight is 343 g/mol. The maximum Gasteiger partial charge on any atom is 0.408 e. The van der Waals surface area contributed by atoms with Gasteiger partial charge in [0.05, 0.1) is 14.2 Å². The van der Waals surface area contributed by atoms with E-state index in [2.05, 4.69) is 5.32 Å². The molecule has 0 aliphatic carbocycles. The SMILES string of the molecule is COC(=O)C(Cc1cccc(OC)c1)NC(=O)OCc1ccccc1. The van der Waals surface area contributed by atoms with Gasteiger partial charge in [0.1, 0.15) is 18.4 Å². The van der Waals surface area contributed by atoms with E-state index in [0.717, 1.165) is 11.1 Å². The molecule has 132 valence electrons. The number of carbonyl (C=O) groups excluding carboxylic acids is 2. The highest BCUT2D eigenvalue weighted by Crippen LogP contribution is 2.14. The Hall–Kier alpha value is -3.02. The molecule has 1 atom stereocenters. The van der Waals surface area contributed by atoms with E-state index < -0.39 is 18.1 Å². The van der Waals surface area contributed by atoms with Gasteiger partial charge in [-0.2, -0.15) is 0 Å². The number of benzene rings is 2. The summed E-state index contributed by atoms with van der Waals surface area (Å²) in [6.07, 6.45) is -0.410. The number of amides is 1. The van der Waals surface area contributed by atoms with E-state index in [1.807, 2.05) is 42.5 Å². The van der Waals surface area contributed by atoms with Gasteiger partial charge in [0.2, 0.25) is 0 Å². The second-order valence-corrected chi connectivity index (χ2v) is 5.34. The Labute approximate surface area is 146 Å². The van der Waals surface area contributed by atoms with Crippen molar-refractivity contribution >= 4 is 12.1 Å². The van der Waals surface area contributed by atoms with Crippen LogP contribution in [0.15, 0.2) is 54.6 Å². The van der Waals surface area contributed by atoms with E-state index in [9.17, 15) is 9.59 Å². The van der Waals surface area contributed by atoms with Gasteiger partial charge < -0.3 is 19.5 Å². The molecule has 0 radical (unpaired) electrons. The summed E-state index contributed by atoms with van der Waals surface area (Å²) in [6.45, 7) is 0.125. The van der Waals surface area contributed by atoms with Gasteiger partial charge in [0, 0.05) is 6.42 Å². The van der Waals surface area contributed by atoms with Crippen molar-refractivity contribution in [1.82, 2.24) is 5.32 Å². The molecule has 2 aromatic rings. The summed E-state index contributed by atoms with van der Waals surface area (Å²) in [5, 5.41) is 2.55. The topological polar surface area (TPSA) is 73.9 Å². The number of hydrogen-bond acceptors (Lipinski definition) is 5. The van der Waals surface area contributed by atoms with Crippen LogP contribution in [0.1, 0.15) is 11.1 Å². The van der Waals surface area contributed by atoms with Gasteiger partial charge >= 0.3 is 12.1 Å². The molecule has 6 heteroatoms. The molecule has 0 bridgehead atoms. The number of nitrogens with one attached hydrogen (secondary N) is 1. The van der Waals surface area contributed by atoms with Crippen LogP contribution in [-0.4, -0.2) is 32.3 Å². The first-order valence-corrected chi connectivity index (χ1v) is 7.80. The lowest BCUT2D eigenvalue weighted by Gasteiger charge is -2.17. The lowest BCUT2D eigenvalue weighted by atomic mass is 10.1. The molecule has 0 fully saturated rings. The first kappa shape index (κ1) is 18.3. The van der Waals surface area contributed by atoms with Crippen molar-refractivity contribution < 1.29 is 23.8 Å². The molecule has 0 aromatic heterocycles. The Morgan fingerprint density at radius 1 is 1.00 bits per heavy atom. The summed E-state index contributed by atoms with van der Waals surface area (Å²) in [6, 6.07) is 15.7. The first-order chi connectivity index (χ1) is 12.1. The number of methoxy groups -OCH3 is 2. The molecule has 1 N–H and O–H groups in total. The van der Waals surface area contributed by atoms with Crippen molar-refractivity contribution in [1.29, 1.82) is 0 Å². The molecule has 1 amide bonds. The third kappa shape index (κ3) is 5.84. The van der Waals surface area contributed by atoms with Gasteiger partial charge in [-0.05, 0) is 23.3 Å². The highest BCUT2D eigenvalue weighted by molar-refractivity contribution is 5.81. The molecule has 25 heavy (non-hydrogen) atoms.